The van der Waals surface area contributed by atoms with E-state index in [-0.39, 0.29) is 12.4 Å². The van der Waals surface area contributed by atoms with Crippen molar-refractivity contribution in [3.63, 3.8) is 0 Å². The Bertz CT molecular complexity index is 435. The SMILES string of the molecule is CCCCCNC(=NC)NCc1ccc(F)c(CO)c1. The third-order valence-corrected chi connectivity index (χ3v) is 3.04. The second kappa shape index (κ2) is 9.31. The molecule has 0 atom stereocenters. The molecular formula is C15H24FN3O. The van der Waals surface area contributed by atoms with Crippen LogP contribution in [-0.4, -0.2) is 24.7 Å². The molecule has 0 saturated heterocycles. The van der Waals surface area contributed by atoms with E-state index in [1.54, 1.807) is 19.2 Å². The van der Waals surface area contributed by atoms with Gasteiger partial charge in [-0.25, -0.2) is 4.39 Å². The molecular weight excluding hydrogens is 257 g/mol. The van der Waals surface area contributed by atoms with E-state index in [4.69, 9.17) is 5.11 Å². The van der Waals surface area contributed by atoms with Gasteiger partial charge in [-0.1, -0.05) is 25.8 Å². The summed E-state index contributed by atoms with van der Waals surface area (Å²) in [5.41, 5.74) is 1.22. The smallest absolute Gasteiger partial charge is 0.191 e. The molecule has 0 aliphatic rings. The van der Waals surface area contributed by atoms with Crippen LogP contribution in [-0.2, 0) is 13.2 Å². The number of halogens is 1. The topological polar surface area (TPSA) is 56.7 Å². The quantitative estimate of drug-likeness (QED) is 0.408. The molecule has 0 saturated carbocycles. The number of hydrogen-bond acceptors (Lipinski definition) is 2. The van der Waals surface area contributed by atoms with E-state index in [2.05, 4.69) is 22.5 Å². The van der Waals surface area contributed by atoms with Gasteiger partial charge in [-0.2, -0.15) is 0 Å². The minimum absolute atomic E-state index is 0.288. The van der Waals surface area contributed by atoms with E-state index in [0.717, 1.165) is 24.5 Å². The largest absolute Gasteiger partial charge is 0.392 e. The lowest BCUT2D eigenvalue weighted by Gasteiger charge is -2.12. The number of hydrogen-bond donors (Lipinski definition) is 3. The van der Waals surface area contributed by atoms with E-state index in [0.29, 0.717) is 12.1 Å². The Balaban J connectivity index is 2.44. The maximum atomic E-state index is 13.3. The number of aliphatic imine (C=N–C) groups is 1. The zero-order valence-corrected chi connectivity index (χ0v) is 12.2. The van der Waals surface area contributed by atoms with Crippen LogP contribution in [0.2, 0.25) is 0 Å². The maximum Gasteiger partial charge on any atom is 0.191 e. The predicted octanol–water partition coefficient (Wildman–Crippen LogP) is 2.17. The van der Waals surface area contributed by atoms with Crippen LogP contribution >= 0.6 is 0 Å². The van der Waals surface area contributed by atoms with Gasteiger partial charge in [0, 0.05) is 25.7 Å². The number of unbranched alkanes of at least 4 members (excludes halogenated alkanes) is 2. The summed E-state index contributed by atoms with van der Waals surface area (Å²) in [4.78, 5) is 4.13. The second-order valence-electron chi connectivity index (χ2n) is 4.64. The molecule has 0 fully saturated rings. The number of nitrogens with zero attached hydrogens (tertiary/aromatic N) is 1. The van der Waals surface area contributed by atoms with E-state index in [9.17, 15) is 4.39 Å². The van der Waals surface area contributed by atoms with Gasteiger partial charge in [0.1, 0.15) is 5.82 Å². The molecule has 0 aromatic heterocycles. The number of rotatable bonds is 7. The molecule has 4 nitrogen and oxygen atoms in total. The van der Waals surface area contributed by atoms with Crippen LogP contribution in [0.5, 0.6) is 0 Å². The van der Waals surface area contributed by atoms with Gasteiger partial charge >= 0.3 is 0 Å². The molecule has 0 aliphatic carbocycles. The van der Waals surface area contributed by atoms with Gasteiger partial charge in [0.2, 0.25) is 0 Å². The van der Waals surface area contributed by atoms with E-state index < -0.39 is 0 Å². The molecule has 5 heteroatoms. The fraction of sp³-hybridized carbons (Fsp3) is 0.533. The molecule has 112 valence electrons. The molecule has 0 unspecified atom stereocenters. The van der Waals surface area contributed by atoms with Gasteiger partial charge in [0.25, 0.3) is 0 Å². The summed E-state index contributed by atoms with van der Waals surface area (Å²) in [6.45, 7) is 3.31. The van der Waals surface area contributed by atoms with Gasteiger partial charge in [-0.15, -0.1) is 0 Å². The fourth-order valence-corrected chi connectivity index (χ4v) is 1.85. The van der Waals surface area contributed by atoms with Crippen molar-refractivity contribution in [2.45, 2.75) is 39.3 Å². The molecule has 0 aliphatic heterocycles. The summed E-state index contributed by atoms with van der Waals surface area (Å²) in [5.74, 6) is 0.356. The van der Waals surface area contributed by atoms with Crippen LogP contribution in [0.15, 0.2) is 23.2 Å². The zero-order valence-electron chi connectivity index (χ0n) is 12.2. The van der Waals surface area contributed by atoms with Gasteiger partial charge < -0.3 is 15.7 Å². The third-order valence-electron chi connectivity index (χ3n) is 3.04. The standard InChI is InChI=1S/C15H24FN3O/c1-3-4-5-8-18-15(17-2)19-10-12-6-7-14(16)13(9-12)11-20/h6-7,9,20H,3-5,8,10-11H2,1-2H3,(H2,17,18,19). The van der Waals surface area contributed by atoms with Crippen LogP contribution in [0.25, 0.3) is 0 Å². The Morgan fingerprint density at radius 3 is 2.75 bits per heavy atom. The van der Waals surface area contributed by atoms with Crippen molar-refractivity contribution in [2.24, 2.45) is 4.99 Å². The lowest BCUT2D eigenvalue weighted by Crippen LogP contribution is -2.37. The summed E-state index contributed by atoms with van der Waals surface area (Å²) in [6, 6.07) is 4.73. The number of nitrogens with one attached hydrogen (secondary N) is 2. The normalized spacial score (nSPS) is 11.5. The van der Waals surface area contributed by atoms with Crippen molar-refractivity contribution < 1.29 is 9.50 Å². The van der Waals surface area contributed by atoms with Gasteiger partial charge in [-0.05, 0) is 24.1 Å². The van der Waals surface area contributed by atoms with E-state index >= 15 is 0 Å². The summed E-state index contributed by atoms with van der Waals surface area (Å²) in [6.07, 6.45) is 3.50. The molecule has 0 heterocycles. The number of guanidine groups is 1. The second-order valence-corrected chi connectivity index (χ2v) is 4.64. The average molecular weight is 281 g/mol. The predicted molar refractivity (Wildman–Crippen MR) is 80.0 cm³/mol. The lowest BCUT2D eigenvalue weighted by molar-refractivity contribution is 0.275. The summed E-state index contributed by atoms with van der Waals surface area (Å²) < 4.78 is 13.3. The van der Waals surface area contributed by atoms with Crippen molar-refractivity contribution >= 4 is 5.96 Å². The minimum atomic E-state index is -0.377. The number of aliphatic hydroxyl groups excluding tert-OH is 1. The molecule has 1 aromatic rings. The Morgan fingerprint density at radius 1 is 1.30 bits per heavy atom. The van der Waals surface area contributed by atoms with Crippen LogP contribution in [0.3, 0.4) is 0 Å². The van der Waals surface area contributed by atoms with Crippen LogP contribution in [0.1, 0.15) is 37.3 Å². The summed E-state index contributed by atoms with van der Waals surface area (Å²) >= 11 is 0. The third kappa shape index (κ3) is 5.57. The highest BCUT2D eigenvalue weighted by Gasteiger charge is 2.03. The first kappa shape index (κ1) is 16.4. The Morgan fingerprint density at radius 2 is 2.10 bits per heavy atom. The van der Waals surface area contributed by atoms with Crippen LogP contribution < -0.4 is 10.6 Å². The number of benzene rings is 1. The molecule has 3 N–H and O–H groups in total. The van der Waals surface area contributed by atoms with Crippen molar-refractivity contribution in [3.05, 3.63) is 35.1 Å². The van der Waals surface area contributed by atoms with Gasteiger partial charge in [-0.3, -0.25) is 4.99 Å². The minimum Gasteiger partial charge on any atom is -0.392 e. The Kier molecular flexibility index (Phi) is 7.65. The molecule has 0 spiro atoms. The highest BCUT2D eigenvalue weighted by Crippen LogP contribution is 2.10. The lowest BCUT2D eigenvalue weighted by atomic mass is 10.1. The Hall–Kier alpha value is -1.62. The van der Waals surface area contributed by atoms with Crippen molar-refractivity contribution in [1.82, 2.24) is 10.6 Å². The van der Waals surface area contributed by atoms with Crippen LogP contribution in [0, 0.1) is 5.82 Å². The monoisotopic (exact) mass is 281 g/mol. The zero-order chi connectivity index (χ0) is 14.8. The first-order valence-electron chi connectivity index (χ1n) is 7.04. The first-order chi connectivity index (χ1) is 9.71. The molecule has 0 bridgehead atoms. The maximum absolute atomic E-state index is 13.3. The molecule has 0 radical (unpaired) electrons. The Labute approximate surface area is 120 Å². The van der Waals surface area contributed by atoms with Crippen molar-refractivity contribution in [2.75, 3.05) is 13.6 Å². The average Bonchev–Trinajstić information content (AvgIpc) is 2.48. The van der Waals surface area contributed by atoms with E-state index in [1.165, 1.54) is 18.9 Å². The molecule has 0 amide bonds. The van der Waals surface area contributed by atoms with Gasteiger partial charge in [0.15, 0.2) is 5.96 Å². The highest BCUT2D eigenvalue weighted by molar-refractivity contribution is 5.79. The molecule has 1 rings (SSSR count). The first-order valence-corrected chi connectivity index (χ1v) is 7.04. The molecule has 20 heavy (non-hydrogen) atoms. The number of aliphatic hydroxyl groups is 1. The van der Waals surface area contributed by atoms with Crippen molar-refractivity contribution in [1.29, 1.82) is 0 Å². The van der Waals surface area contributed by atoms with E-state index in [1.807, 2.05) is 0 Å². The summed E-state index contributed by atoms with van der Waals surface area (Å²) in [7, 11) is 1.72. The fourth-order valence-electron chi connectivity index (χ4n) is 1.85. The van der Waals surface area contributed by atoms with Crippen molar-refractivity contribution in [3.8, 4) is 0 Å². The summed E-state index contributed by atoms with van der Waals surface area (Å²) in [5, 5.41) is 15.4. The highest BCUT2D eigenvalue weighted by atomic mass is 19.1. The van der Waals surface area contributed by atoms with Gasteiger partial charge in [0.05, 0.1) is 6.61 Å². The molecule has 1 aromatic carbocycles. The van der Waals surface area contributed by atoms with Crippen LogP contribution in [0.4, 0.5) is 4.39 Å².